The molecule has 1 heterocycles. The van der Waals surface area contributed by atoms with Gasteiger partial charge in [-0.05, 0) is 56.8 Å². The zero-order valence-electron chi connectivity index (χ0n) is 17.2. The molecular weight excluding hydrogens is 392 g/mol. The van der Waals surface area contributed by atoms with Crippen LogP contribution in [0, 0.1) is 11.6 Å². The number of aliphatic hydroxyl groups excluding tert-OH is 1. The Morgan fingerprint density at radius 3 is 2.70 bits per heavy atom. The van der Waals surface area contributed by atoms with Crippen LogP contribution in [0.4, 0.5) is 8.78 Å². The van der Waals surface area contributed by atoms with Gasteiger partial charge < -0.3 is 25.8 Å². The van der Waals surface area contributed by atoms with Gasteiger partial charge >= 0.3 is 0 Å². The molecule has 0 spiro atoms. The first-order valence-corrected chi connectivity index (χ1v) is 10.5. The van der Waals surface area contributed by atoms with Crippen molar-refractivity contribution in [3.8, 4) is 0 Å². The maximum atomic E-state index is 13.6. The summed E-state index contributed by atoms with van der Waals surface area (Å²) in [4.78, 5) is 12.8. The third-order valence-electron chi connectivity index (χ3n) is 5.80. The standard InChI is InChI=1S/C22H31F2N3O3/c1-25-19-4-2-3-7-30-18-6-5-17(12-18)26-13-21(28)20(27-22(19)29)10-14-8-15(23)11-16(24)9-14/h2-3,8-9,11,17-21,25-26,28H,4-7,10,12-13H2,1H3,(H,27,29)/t17-,18+,19-,20-,21+/m0/s1. The van der Waals surface area contributed by atoms with E-state index in [2.05, 4.69) is 16.0 Å². The lowest BCUT2D eigenvalue weighted by atomic mass is 9.99. The van der Waals surface area contributed by atoms with Gasteiger partial charge in [-0.3, -0.25) is 4.79 Å². The fraction of sp³-hybridized carbons (Fsp3) is 0.591. The van der Waals surface area contributed by atoms with Crippen molar-refractivity contribution < 1.29 is 23.4 Å². The van der Waals surface area contributed by atoms with Gasteiger partial charge in [-0.25, -0.2) is 8.78 Å². The molecule has 2 bridgehead atoms. The number of rotatable bonds is 3. The largest absolute Gasteiger partial charge is 0.390 e. The number of nitrogens with one attached hydrogen (secondary N) is 3. The van der Waals surface area contributed by atoms with E-state index >= 15 is 0 Å². The van der Waals surface area contributed by atoms with E-state index in [4.69, 9.17) is 4.74 Å². The summed E-state index contributed by atoms with van der Waals surface area (Å²) in [5, 5.41) is 20.0. The minimum absolute atomic E-state index is 0.117. The molecule has 6 nitrogen and oxygen atoms in total. The van der Waals surface area contributed by atoms with Gasteiger partial charge in [0.25, 0.3) is 0 Å². The van der Waals surface area contributed by atoms with E-state index in [9.17, 15) is 18.7 Å². The van der Waals surface area contributed by atoms with Crippen LogP contribution in [0.5, 0.6) is 0 Å². The number of amides is 1. The zero-order valence-corrected chi connectivity index (χ0v) is 17.2. The van der Waals surface area contributed by atoms with E-state index in [0.29, 0.717) is 18.6 Å². The van der Waals surface area contributed by atoms with Crippen molar-refractivity contribution in [3.05, 3.63) is 47.5 Å². The van der Waals surface area contributed by atoms with Crippen LogP contribution in [-0.4, -0.2) is 61.5 Å². The first-order valence-electron chi connectivity index (χ1n) is 10.5. The molecule has 0 radical (unpaired) electrons. The van der Waals surface area contributed by atoms with Crippen LogP contribution >= 0.6 is 0 Å². The number of carbonyl (C=O) groups is 1. The number of benzene rings is 1. The predicted molar refractivity (Wildman–Crippen MR) is 110 cm³/mol. The molecule has 1 aliphatic heterocycles. The fourth-order valence-electron chi connectivity index (χ4n) is 4.10. The van der Waals surface area contributed by atoms with Crippen LogP contribution < -0.4 is 16.0 Å². The van der Waals surface area contributed by atoms with E-state index in [0.717, 1.165) is 25.3 Å². The Kier molecular flexibility index (Phi) is 8.32. The molecule has 30 heavy (non-hydrogen) atoms. The Bertz CT molecular complexity index is 726. The number of hydrogen-bond donors (Lipinski definition) is 4. The molecule has 1 aliphatic carbocycles. The molecular formula is C22H31F2N3O3. The number of halogens is 2. The first kappa shape index (κ1) is 22.8. The molecule has 0 unspecified atom stereocenters. The molecule has 1 aromatic carbocycles. The summed E-state index contributed by atoms with van der Waals surface area (Å²) in [6, 6.07) is 2.30. The number of hydrogen-bond acceptors (Lipinski definition) is 5. The number of carbonyl (C=O) groups excluding carboxylic acids is 1. The number of ether oxygens (including phenoxy) is 1. The third kappa shape index (κ3) is 6.57. The molecule has 166 valence electrons. The molecule has 3 rings (SSSR count). The van der Waals surface area contributed by atoms with E-state index in [-0.39, 0.29) is 31.0 Å². The highest BCUT2D eigenvalue weighted by Crippen LogP contribution is 2.22. The van der Waals surface area contributed by atoms with Gasteiger partial charge in [-0.2, -0.15) is 0 Å². The lowest BCUT2D eigenvalue weighted by Gasteiger charge is -2.27. The molecule has 1 saturated carbocycles. The van der Waals surface area contributed by atoms with Gasteiger partial charge in [0, 0.05) is 18.7 Å². The topological polar surface area (TPSA) is 82.6 Å². The second-order valence-electron chi connectivity index (χ2n) is 8.09. The van der Waals surface area contributed by atoms with E-state index in [1.165, 1.54) is 12.1 Å². The Morgan fingerprint density at radius 2 is 1.97 bits per heavy atom. The van der Waals surface area contributed by atoms with E-state index in [1.54, 1.807) is 7.05 Å². The Hall–Kier alpha value is -1.87. The SMILES string of the molecule is CN[C@H]1CC=CCO[C@@H]2CC[C@@H](C2)NC[C@@H](O)[C@H](Cc2cc(F)cc(F)c2)NC1=O. The Balaban J connectivity index is 1.77. The summed E-state index contributed by atoms with van der Waals surface area (Å²) >= 11 is 0. The highest BCUT2D eigenvalue weighted by molar-refractivity contribution is 5.82. The summed E-state index contributed by atoms with van der Waals surface area (Å²) in [6.07, 6.45) is 6.45. The molecule has 0 aromatic heterocycles. The quantitative estimate of drug-likeness (QED) is 0.553. The summed E-state index contributed by atoms with van der Waals surface area (Å²) in [6.45, 7) is 0.772. The summed E-state index contributed by atoms with van der Waals surface area (Å²) in [7, 11) is 1.69. The molecule has 1 fully saturated rings. The average Bonchev–Trinajstić information content (AvgIpc) is 3.14. The predicted octanol–water partition coefficient (Wildman–Crippen LogP) is 1.43. The Labute approximate surface area is 176 Å². The number of likely N-dealkylation sites (N-methyl/N-ethyl adjacent to an activating group) is 1. The lowest BCUT2D eigenvalue weighted by Crippen LogP contribution is -2.54. The minimum atomic E-state index is -0.918. The first-order chi connectivity index (χ1) is 14.4. The van der Waals surface area contributed by atoms with E-state index in [1.807, 2.05) is 12.2 Å². The molecule has 0 saturated heterocycles. The van der Waals surface area contributed by atoms with Gasteiger partial charge in [0.05, 0.1) is 30.9 Å². The van der Waals surface area contributed by atoms with Crippen LogP contribution in [-0.2, 0) is 16.0 Å². The Morgan fingerprint density at radius 1 is 1.20 bits per heavy atom. The zero-order chi connectivity index (χ0) is 21.5. The van der Waals surface area contributed by atoms with Crippen molar-refractivity contribution in [1.29, 1.82) is 0 Å². The van der Waals surface area contributed by atoms with E-state index < -0.39 is 29.8 Å². The van der Waals surface area contributed by atoms with Crippen molar-refractivity contribution in [2.75, 3.05) is 20.2 Å². The van der Waals surface area contributed by atoms with Crippen molar-refractivity contribution in [2.45, 2.75) is 62.4 Å². The molecule has 4 N–H and O–H groups in total. The smallest absolute Gasteiger partial charge is 0.237 e. The molecule has 2 aliphatic rings. The summed E-state index contributed by atoms with van der Waals surface area (Å²) < 4.78 is 33.1. The van der Waals surface area contributed by atoms with Crippen LogP contribution in [0.3, 0.4) is 0 Å². The van der Waals surface area contributed by atoms with Crippen LogP contribution in [0.15, 0.2) is 30.4 Å². The number of β-amino-alcohol motifs (C(OH)–C–C–N with tert-alkyl or cyclic N) is 1. The number of fused-ring (bicyclic) bond motifs is 2. The molecule has 1 amide bonds. The molecule has 5 atom stereocenters. The third-order valence-corrected chi connectivity index (χ3v) is 5.80. The second kappa shape index (κ2) is 10.9. The maximum absolute atomic E-state index is 13.6. The highest BCUT2D eigenvalue weighted by Gasteiger charge is 2.29. The minimum Gasteiger partial charge on any atom is -0.390 e. The summed E-state index contributed by atoms with van der Waals surface area (Å²) in [5.74, 6) is -1.65. The second-order valence-corrected chi connectivity index (χ2v) is 8.09. The van der Waals surface area contributed by atoms with Crippen LogP contribution in [0.1, 0.15) is 31.2 Å². The number of aliphatic hydroxyl groups is 1. The van der Waals surface area contributed by atoms with Crippen LogP contribution in [0.25, 0.3) is 0 Å². The maximum Gasteiger partial charge on any atom is 0.237 e. The fourth-order valence-corrected chi connectivity index (χ4v) is 4.10. The monoisotopic (exact) mass is 423 g/mol. The van der Waals surface area contributed by atoms with Gasteiger partial charge in [-0.15, -0.1) is 0 Å². The average molecular weight is 424 g/mol. The molecule has 1 aromatic rings. The van der Waals surface area contributed by atoms with Crippen molar-refractivity contribution >= 4 is 5.91 Å². The van der Waals surface area contributed by atoms with Gasteiger partial charge in [0.15, 0.2) is 0 Å². The van der Waals surface area contributed by atoms with Gasteiger partial charge in [0.1, 0.15) is 11.6 Å². The van der Waals surface area contributed by atoms with Crippen molar-refractivity contribution in [2.24, 2.45) is 0 Å². The highest BCUT2D eigenvalue weighted by atomic mass is 19.1. The van der Waals surface area contributed by atoms with Crippen molar-refractivity contribution in [3.63, 3.8) is 0 Å². The van der Waals surface area contributed by atoms with Gasteiger partial charge in [-0.1, -0.05) is 12.2 Å². The van der Waals surface area contributed by atoms with Crippen LogP contribution in [0.2, 0.25) is 0 Å². The van der Waals surface area contributed by atoms with Gasteiger partial charge in [0.2, 0.25) is 5.91 Å². The molecule has 8 heteroatoms. The lowest BCUT2D eigenvalue weighted by molar-refractivity contribution is -0.124. The summed E-state index contributed by atoms with van der Waals surface area (Å²) in [5.41, 5.74) is 0.380. The normalized spacial score (nSPS) is 31.1. The van der Waals surface area contributed by atoms with Crippen molar-refractivity contribution in [1.82, 2.24) is 16.0 Å².